The van der Waals surface area contributed by atoms with Gasteiger partial charge < -0.3 is 16.0 Å². The van der Waals surface area contributed by atoms with E-state index in [2.05, 4.69) is 69.6 Å². The Morgan fingerprint density at radius 2 is 1.79 bits per heavy atom. The molecule has 2 rings (SSSR count). The van der Waals surface area contributed by atoms with E-state index in [4.69, 9.17) is 0 Å². The summed E-state index contributed by atoms with van der Waals surface area (Å²) in [5.74, 6) is -0.121. The first-order valence-corrected chi connectivity index (χ1v) is 8.49. The molecule has 0 bridgehead atoms. The molecule has 1 heterocycles. The van der Waals surface area contributed by atoms with Gasteiger partial charge in [-0.25, -0.2) is 4.79 Å². The van der Waals surface area contributed by atoms with Crippen molar-refractivity contribution in [3.05, 3.63) is 29.3 Å². The van der Waals surface area contributed by atoms with Crippen molar-refractivity contribution >= 4 is 17.6 Å². The van der Waals surface area contributed by atoms with E-state index in [9.17, 15) is 9.59 Å². The monoisotopic (exact) mass is 331 g/mol. The minimum atomic E-state index is -0.450. The molecule has 0 spiro atoms. The van der Waals surface area contributed by atoms with Crippen LogP contribution in [0.25, 0.3) is 0 Å². The average molecular weight is 331 g/mol. The smallest absolute Gasteiger partial charge is 0.319 e. The average Bonchev–Trinajstić information content (AvgIpc) is 2.81. The molecule has 0 aromatic heterocycles. The maximum absolute atomic E-state index is 12.4. The van der Waals surface area contributed by atoms with Crippen LogP contribution in [0.15, 0.2) is 18.2 Å². The van der Waals surface area contributed by atoms with Crippen LogP contribution in [0.2, 0.25) is 0 Å². The highest BCUT2D eigenvalue weighted by molar-refractivity contribution is 5.95. The molecule has 5 nitrogen and oxygen atoms in total. The summed E-state index contributed by atoms with van der Waals surface area (Å²) in [6, 6.07) is 5.45. The van der Waals surface area contributed by atoms with Gasteiger partial charge in [0, 0.05) is 12.2 Å². The zero-order valence-corrected chi connectivity index (χ0v) is 15.5. The Balaban J connectivity index is 2.25. The van der Waals surface area contributed by atoms with Gasteiger partial charge in [0.1, 0.15) is 6.04 Å². The lowest BCUT2D eigenvalue weighted by atomic mass is 9.81. The second kappa shape index (κ2) is 6.46. The van der Waals surface area contributed by atoms with Crippen LogP contribution < -0.4 is 16.0 Å². The number of benzene rings is 1. The van der Waals surface area contributed by atoms with E-state index in [1.54, 1.807) is 0 Å². The summed E-state index contributed by atoms with van der Waals surface area (Å²) < 4.78 is 0. The van der Waals surface area contributed by atoms with Gasteiger partial charge in [-0.3, -0.25) is 4.79 Å². The highest BCUT2D eigenvalue weighted by Crippen LogP contribution is 2.33. The summed E-state index contributed by atoms with van der Waals surface area (Å²) in [5.41, 5.74) is 2.93. The quantitative estimate of drug-likeness (QED) is 0.778. The normalized spacial score (nSPS) is 18.2. The van der Waals surface area contributed by atoms with Gasteiger partial charge in [-0.05, 0) is 34.4 Å². The molecule has 0 unspecified atom stereocenters. The lowest BCUT2D eigenvalue weighted by Gasteiger charge is -2.27. The van der Waals surface area contributed by atoms with Crippen molar-refractivity contribution in [3.8, 4) is 0 Å². The number of rotatable bonds is 2. The van der Waals surface area contributed by atoms with Gasteiger partial charge in [0.05, 0.1) is 0 Å². The van der Waals surface area contributed by atoms with Crippen molar-refractivity contribution in [1.82, 2.24) is 10.6 Å². The van der Waals surface area contributed by atoms with E-state index < -0.39 is 6.04 Å². The van der Waals surface area contributed by atoms with E-state index in [1.807, 2.05) is 6.07 Å². The largest absolute Gasteiger partial charge is 0.354 e. The number of carbonyl (C=O) groups is 2. The first-order chi connectivity index (χ1) is 11.0. The van der Waals surface area contributed by atoms with E-state index in [0.29, 0.717) is 13.0 Å². The first kappa shape index (κ1) is 18.3. The molecule has 1 atom stereocenters. The molecule has 1 aromatic carbocycles. The predicted molar refractivity (Wildman–Crippen MR) is 97.4 cm³/mol. The molecule has 1 fully saturated rings. The van der Waals surface area contributed by atoms with Gasteiger partial charge in [0.2, 0.25) is 5.91 Å². The number of amides is 3. The summed E-state index contributed by atoms with van der Waals surface area (Å²) in [6.07, 6.45) is 0.625. The highest BCUT2D eigenvalue weighted by atomic mass is 16.2. The topological polar surface area (TPSA) is 70.2 Å². The van der Waals surface area contributed by atoms with Crippen LogP contribution in [0.5, 0.6) is 0 Å². The number of nitrogens with one attached hydrogen (secondary N) is 3. The van der Waals surface area contributed by atoms with Gasteiger partial charge in [-0.15, -0.1) is 0 Å². The summed E-state index contributed by atoms with van der Waals surface area (Å²) in [4.78, 5) is 24.0. The van der Waals surface area contributed by atoms with Crippen molar-refractivity contribution in [2.45, 2.75) is 64.8 Å². The summed E-state index contributed by atoms with van der Waals surface area (Å²) in [6.45, 7) is 13.4. The Morgan fingerprint density at radius 3 is 2.29 bits per heavy atom. The number of anilines is 1. The molecule has 1 aliphatic heterocycles. The van der Waals surface area contributed by atoms with E-state index >= 15 is 0 Å². The SMILES string of the molecule is CC(C)(C)c1ccc(C(C)(C)C)c(NC(=O)N[C@H]2CCNC2=O)c1. The number of urea groups is 1. The van der Waals surface area contributed by atoms with Crippen LogP contribution in [0.4, 0.5) is 10.5 Å². The summed E-state index contributed by atoms with van der Waals surface area (Å²) in [7, 11) is 0. The second-order valence-electron chi connectivity index (χ2n) is 8.49. The minimum Gasteiger partial charge on any atom is -0.354 e. The summed E-state index contributed by atoms with van der Waals surface area (Å²) >= 11 is 0. The van der Waals surface area contributed by atoms with Crippen LogP contribution in [-0.2, 0) is 15.6 Å². The molecular formula is C19H29N3O2. The van der Waals surface area contributed by atoms with Crippen molar-refractivity contribution < 1.29 is 9.59 Å². The molecule has 5 heteroatoms. The second-order valence-corrected chi connectivity index (χ2v) is 8.49. The Bertz CT molecular complexity index is 639. The molecule has 0 aliphatic carbocycles. The van der Waals surface area contributed by atoms with Crippen molar-refractivity contribution in [1.29, 1.82) is 0 Å². The molecule has 3 amide bonds. The molecule has 0 radical (unpaired) electrons. The van der Waals surface area contributed by atoms with Crippen LogP contribution in [0.1, 0.15) is 59.1 Å². The third kappa shape index (κ3) is 4.28. The van der Waals surface area contributed by atoms with Gasteiger partial charge in [-0.2, -0.15) is 0 Å². The molecular weight excluding hydrogens is 302 g/mol. The van der Waals surface area contributed by atoms with Crippen LogP contribution >= 0.6 is 0 Å². The Labute approximate surface area is 144 Å². The number of hydrogen-bond donors (Lipinski definition) is 3. The third-order valence-electron chi connectivity index (χ3n) is 4.30. The van der Waals surface area contributed by atoms with Gasteiger partial charge in [0.25, 0.3) is 0 Å². The minimum absolute atomic E-state index is 0.00530. The zero-order chi connectivity index (χ0) is 18.1. The van der Waals surface area contributed by atoms with Crippen LogP contribution in [-0.4, -0.2) is 24.5 Å². The fourth-order valence-electron chi connectivity index (χ4n) is 2.82. The highest BCUT2D eigenvalue weighted by Gasteiger charge is 2.27. The maximum atomic E-state index is 12.4. The summed E-state index contributed by atoms with van der Waals surface area (Å²) in [5, 5.41) is 8.42. The molecule has 1 aromatic rings. The third-order valence-corrected chi connectivity index (χ3v) is 4.30. The van der Waals surface area contributed by atoms with Crippen molar-refractivity contribution in [2.75, 3.05) is 11.9 Å². The maximum Gasteiger partial charge on any atom is 0.319 e. The molecule has 132 valence electrons. The van der Waals surface area contributed by atoms with E-state index in [0.717, 1.165) is 16.8 Å². The van der Waals surface area contributed by atoms with Crippen LogP contribution in [0, 0.1) is 0 Å². The van der Waals surface area contributed by atoms with Gasteiger partial charge >= 0.3 is 6.03 Å². The van der Waals surface area contributed by atoms with Crippen molar-refractivity contribution in [3.63, 3.8) is 0 Å². The molecule has 1 saturated heterocycles. The zero-order valence-electron chi connectivity index (χ0n) is 15.5. The molecule has 1 aliphatic rings. The Morgan fingerprint density at radius 1 is 1.12 bits per heavy atom. The fraction of sp³-hybridized carbons (Fsp3) is 0.579. The first-order valence-electron chi connectivity index (χ1n) is 8.49. The fourth-order valence-corrected chi connectivity index (χ4v) is 2.82. The number of hydrogen-bond acceptors (Lipinski definition) is 2. The predicted octanol–water partition coefficient (Wildman–Crippen LogP) is 3.29. The molecule has 3 N–H and O–H groups in total. The van der Waals surface area contributed by atoms with Crippen molar-refractivity contribution in [2.24, 2.45) is 0 Å². The Hall–Kier alpha value is -2.04. The standard InChI is InChI=1S/C19H29N3O2/c1-18(2,3)12-7-8-13(19(4,5)6)15(11-12)22-17(24)21-14-9-10-20-16(14)23/h7-8,11,14H,9-10H2,1-6H3,(H,20,23)(H2,21,22,24)/t14-/m0/s1. The van der Waals surface area contributed by atoms with E-state index in [-0.39, 0.29) is 22.8 Å². The van der Waals surface area contributed by atoms with E-state index in [1.165, 1.54) is 0 Å². The van der Waals surface area contributed by atoms with Gasteiger partial charge in [-0.1, -0.05) is 53.7 Å². The Kier molecular flexibility index (Phi) is 4.92. The van der Waals surface area contributed by atoms with Crippen LogP contribution in [0.3, 0.4) is 0 Å². The lowest BCUT2D eigenvalue weighted by Crippen LogP contribution is -2.42. The number of carbonyl (C=O) groups excluding carboxylic acids is 2. The van der Waals surface area contributed by atoms with Gasteiger partial charge in [0.15, 0.2) is 0 Å². The molecule has 24 heavy (non-hydrogen) atoms. The molecule has 0 saturated carbocycles. The lowest BCUT2D eigenvalue weighted by molar-refractivity contribution is -0.120.